The molecule has 4 aromatic rings. The Hall–Kier alpha value is -3.31. The lowest BCUT2D eigenvalue weighted by atomic mass is 10.0. The van der Waals surface area contributed by atoms with E-state index in [4.69, 9.17) is 22.1 Å². The van der Waals surface area contributed by atoms with Crippen LogP contribution < -0.4 is 10.5 Å². The molecule has 0 unspecified atom stereocenters. The Labute approximate surface area is 160 Å². The molecule has 27 heavy (non-hydrogen) atoms. The van der Waals surface area contributed by atoms with Crippen LogP contribution in [-0.2, 0) is 6.42 Å². The third-order valence-corrected chi connectivity index (χ3v) is 4.47. The van der Waals surface area contributed by atoms with Crippen molar-refractivity contribution in [3.8, 4) is 17.1 Å². The molecule has 1 heterocycles. The maximum Gasteiger partial charge on any atom is 0.409 e. The maximum atomic E-state index is 10.9. The van der Waals surface area contributed by atoms with Crippen LogP contribution in [-0.4, -0.2) is 16.1 Å². The molecular weight excluding hydrogens is 362 g/mol. The largest absolute Gasteiger partial charge is 0.410 e. The predicted molar refractivity (Wildman–Crippen MR) is 106 cm³/mol. The lowest BCUT2D eigenvalue weighted by Gasteiger charge is -2.03. The smallest absolute Gasteiger partial charge is 0.409 e. The van der Waals surface area contributed by atoms with E-state index in [1.165, 1.54) is 11.1 Å². The van der Waals surface area contributed by atoms with Gasteiger partial charge in [0.2, 0.25) is 0 Å². The number of primary amides is 1. The van der Waals surface area contributed by atoms with E-state index < -0.39 is 6.09 Å². The van der Waals surface area contributed by atoms with Crippen LogP contribution in [0.4, 0.5) is 4.79 Å². The fourth-order valence-corrected chi connectivity index (χ4v) is 3.05. The van der Waals surface area contributed by atoms with Crippen molar-refractivity contribution >= 4 is 28.7 Å². The lowest BCUT2D eigenvalue weighted by Crippen LogP contribution is -2.16. The molecule has 4 rings (SSSR count). The molecule has 3 aromatic carbocycles. The third-order valence-electron chi connectivity index (χ3n) is 4.22. The molecule has 134 valence electrons. The van der Waals surface area contributed by atoms with Gasteiger partial charge in [-0.25, -0.2) is 9.78 Å². The summed E-state index contributed by atoms with van der Waals surface area (Å²) in [5, 5.41) is 0.739. The molecule has 0 aliphatic rings. The minimum atomic E-state index is -0.842. The second kappa shape index (κ2) is 7.13. The van der Waals surface area contributed by atoms with E-state index in [0.29, 0.717) is 5.75 Å². The molecule has 1 aromatic heterocycles. The van der Waals surface area contributed by atoms with Gasteiger partial charge in [-0.05, 0) is 41.8 Å². The lowest BCUT2D eigenvalue weighted by molar-refractivity contribution is 0.211. The van der Waals surface area contributed by atoms with Crippen molar-refractivity contribution in [1.82, 2.24) is 9.97 Å². The first kappa shape index (κ1) is 17.1. The van der Waals surface area contributed by atoms with Crippen molar-refractivity contribution in [3.63, 3.8) is 0 Å². The topological polar surface area (TPSA) is 81.0 Å². The van der Waals surface area contributed by atoms with E-state index in [-0.39, 0.29) is 0 Å². The van der Waals surface area contributed by atoms with Crippen LogP contribution in [0.1, 0.15) is 11.1 Å². The molecule has 1 amide bonds. The molecule has 0 aliphatic carbocycles. The van der Waals surface area contributed by atoms with Gasteiger partial charge in [-0.1, -0.05) is 48.0 Å². The molecular formula is C21H16ClN3O2. The average molecular weight is 378 g/mol. The highest BCUT2D eigenvalue weighted by Gasteiger charge is 2.08. The zero-order valence-corrected chi connectivity index (χ0v) is 15.0. The number of ether oxygens (including phenoxy) is 1. The molecule has 0 spiro atoms. The normalized spacial score (nSPS) is 10.9. The molecule has 0 saturated carbocycles. The van der Waals surface area contributed by atoms with E-state index in [1.54, 1.807) is 18.2 Å². The second-order valence-corrected chi connectivity index (χ2v) is 6.62. The van der Waals surface area contributed by atoms with Crippen molar-refractivity contribution in [2.75, 3.05) is 0 Å². The first-order valence-corrected chi connectivity index (χ1v) is 8.75. The van der Waals surface area contributed by atoms with Gasteiger partial charge in [0.05, 0.1) is 11.0 Å². The van der Waals surface area contributed by atoms with E-state index in [0.717, 1.165) is 33.9 Å². The van der Waals surface area contributed by atoms with Gasteiger partial charge >= 0.3 is 6.09 Å². The van der Waals surface area contributed by atoms with Gasteiger partial charge in [-0.3, -0.25) is 0 Å². The number of benzene rings is 3. The van der Waals surface area contributed by atoms with Crippen LogP contribution in [0.3, 0.4) is 0 Å². The van der Waals surface area contributed by atoms with E-state index in [9.17, 15) is 4.79 Å². The average Bonchev–Trinajstić information content (AvgIpc) is 3.07. The van der Waals surface area contributed by atoms with Gasteiger partial charge in [0.15, 0.2) is 0 Å². The van der Waals surface area contributed by atoms with Gasteiger partial charge in [0, 0.05) is 16.7 Å². The van der Waals surface area contributed by atoms with Crippen molar-refractivity contribution < 1.29 is 9.53 Å². The molecule has 6 heteroatoms. The summed E-state index contributed by atoms with van der Waals surface area (Å²) in [4.78, 5) is 18.7. The van der Waals surface area contributed by atoms with Crippen LogP contribution >= 0.6 is 11.6 Å². The first-order chi connectivity index (χ1) is 13.1. The van der Waals surface area contributed by atoms with Crippen molar-refractivity contribution in [1.29, 1.82) is 0 Å². The molecule has 3 N–H and O–H groups in total. The van der Waals surface area contributed by atoms with Gasteiger partial charge in [0.1, 0.15) is 11.6 Å². The molecule has 0 aliphatic heterocycles. The van der Waals surface area contributed by atoms with Gasteiger partial charge in [0.25, 0.3) is 0 Å². The molecule has 0 fully saturated rings. The maximum absolute atomic E-state index is 10.9. The van der Waals surface area contributed by atoms with E-state index in [2.05, 4.69) is 22.1 Å². The number of H-pyrrole nitrogens is 1. The number of amides is 1. The Bertz CT molecular complexity index is 1100. The molecule has 5 nitrogen and oxygen atoms in total. The summed E-state index contributed by atoms with van der Waals surface area (Å²) >= 11 is 5.93. The van der Waals surface area contributed by atoms with Crippen LogP contribution in [0, 0.1) is 0 Å². The number of carbonyl (C=O) groups is 1. The number of nitrogens with zero attached hydrogens (tertiary/aromatic N) is 1. The number of hydrogen-bond donors (Lipinski definition) is 2. The fraction of sp³-hybridized carbons (Fsp3) is 0.0476. The summed E-state index contributed by atoms with van der Waals surface area (Å²) in [5.74, 6) is 1.13. The number of aromatic nitrogens is 2. The molecule has 0 saturated heterocycles. The van der Waals surface area contributed by atoms with Crippen LogP contribution in [0.15, 0.2) is 66.7 Å². The number of imidazole rings is 1. The highest BCUT2D eigenvalue weighted by atomic mass is 35.5. The quantitative estimate of drug-likeness (QED) is 0.529. The standard InChI is InChI=1S/C21H16ClN3O2/c22-16-7-3-14(4-8-16)11-13-1-5-15(6-2-13)20-24-18-10-9-17(27-21(23)26)12-19(18)25-20/h1-10,12H,11H2,(H2,23,26)(H,24,25). The predicted octanol–water partition coefficient (Wildman–Crippen LogP) is 4.93. The molecule has 0 radical (unpaired) electrons. The number of rotatable bonds is 4. The summed E-state index contributed by atoms with van der Waals surface area (Å²) in [6, 6.07) is 21.2. The van der Waals surface area contributed by atoms with Crippen LogP contribution in [0.5, 0.6) is 5.75 Å². The molecule has 0 atom stereocenters. The number of halogens is 1. The summed E-state index contributed by atoms with van der Waals surface area (Å²) in [6.45, 7) is 0. The van der Waals surface area contributed by atoms with Crippen LogP contribution in [0.2, 0.25) is 5.02 Å². The summed E-state index contributed by atoms with van der Waals surface area (Å²) in [5.41, 5.74) is 9.99. The van der Waals surface area contributed by atoms with Gasteiger partial charge in [-0.15, -0.1) is 0 Å². The van der Waals surface area contributed by atoms with Gasteiger partial charge < -0.3 is 15.5 Å². The number of carbonyl (C=O) groups excluding carboxylic acids is 1. The molecule has 0 bridgehead atoms. The highest BCUT2D eigenvalue weighted by molar-refractivity contribution is 6.30. The highest BCUT2D eigenvalue weighted by Crippen LogP contribution is 2.24. The van der Waals surface area contributed by atoms with Gasteiger partial charge in [-0.2, -0.15) is 0 Å². The second-order valence-electron chi connectivity index (χ2n) is 6.19. The number of fused-ring (bicyclic) bond motifs is 1. The van der Waals surface area contributed by atoms with E-state index >= 15 is 0 Å². The van der Waals surface area contributed by atoms with Crippen molar-refractivity contribution in [3.05, 3.63) is 82.9 Å². The Morgan fingerprint density at radius 1 is 1.00 bits per heavy atom. The number of hydrogen-bond acceptors (Lipinski definition) is 3. The minimum Gasteiger partial charge on any atom is -0.410 e. The number of aromatic amines is 1. The Morgan fingerprint density at radius 3 is 2.33 bits per heavy atom. The van der Waals surface area contributed by atoms with Crippen molar-refractivity contribution in [2.45, 2.75) is 6.42 Å². The zero-order chi connectivity index (χ0) is 18.8. The number of nitrogens with one attached hydrogen (secondary N) is 1. The van der Waals surface area contributed by atoms with Crippen molar-refractivity contribution in [2.24, 2.45) is 5.73 Å². The Morgan fingerprint density at radius 2 is 1.67 bits per heavy atom. The Balaban J connectivity index is 1.56. The van der Waals surface area contributed by atoms with E-state index in [1.807, 2.05) is 36.4 Å². The fourth-order valence-electron chi connectivity index (χ4n) is 2.92. The summed E-state index contributed by atoms with van der Waals surface area (Å²) in [6.07, 6.45) is -0.00357. The zero-order valence-electron chi connectivity index (χ0n) is 14.3. The third kappa shape index (κ3) is 3.93. The minimum absolute atomic E-state index is 0.378. The summed E-state index contributed by atoms with van der Waals surface area (Å²) < 4.78 is 4.90. The summed E-state index contributed by atoms with van der Waals surface area (Å²) in [7, 11) is 0. The monoisotopic (exact) mass is 377 g/mol. The number of nitrogens with two attached hydrogens (primary N) is 1. The Kier molecular flexibility index (Phi) is 4.52. The van der Waals surface area contributed by atoms with Crippen LogP contribution in [0.25, 0.3) is 22.4 Å². The first-order valence-electron chi connectivity index (χ1n) is 8.38. The SMILES string of the molecule is NC(=O)Oc1ccc2nc(-c3ccc(Cc4ccc(Cl)cc4)cc3)[nH]c2c1.